The number of phenolic OH excluding ortho intramolecular Hbond substituents is 1. The number of amides is 1. The van der Waals surface area contributed by atoms with E-state index in [0.29, 0.717) is 19.5 Å². The van der Waals surface area contributed by atoms with E-state index in [0.717, 1.165) is 19.3 Å². The van der Waals surface area contributed by atoms with Gasteiger partial charge in [-0.15, -0.1) is 12.4 Å². The number of nitrogens with one attached hydrogen (secondary N) is 1. The maximum Gasteiger partial charge on any atom is 0.243 e. The molecule has 7 nitrogen and oxygen atoms in total. The Morgan fingerprint density at radius 1 is 1.38 bits per heavy atom. The van der Waals surface area contributed by atoms with Crippen molar-refractivity contribution < 1.29 is 18.3 Å². The SMILES string of the molecule is CCCC(N)C(=O)Nc1cc(S(=O)(=O)N2CCCC2)ccc1O.Cl. The average molecular weight is 378 g/mol. The fourth-order valence-electron chi connectivity index (χ4n) is 2.52. The Labute approximate surface area is 148 Å². The number of rotatable bonds is 6. The lowest BCUT2D eigenvalue weighted by atomic mass is 10.1. The van der Waals surface area contributed by atoms with Gasteiger partial charge in [-0.05, 0) is 37.5 Å². The van der Waals surface area contributed by atoms with Crippen molar-refractivity contribution in [3.63, 3.8) is 0 Å². The van der Waals surface area contributed by atoms with Gasteiger partial charge < -0.3 is 16.2 Å². The van der Waals surface area contributed by atoms with Crippen molar-refractivity contribution in [3.8, 4) is 5.75 Å². The zero-order valence-electron chi connectivity index (χ0n) is 13.6. The molecule has 1 unspecified atom stereocenters. The van der Waals surface area contributed by atoms with Crippen LogP contribution >= 0.6 is 12.4 Å². The van der Waals surface area contributed by atoms with E-state index < -0.39 is 22.0 Å². The molecule has 4 N–H and O–H groups in total. The monoisotopic (exact) mass is 377 g/mol. The van der Waals surface area contributed by atoms with Gasteiger partial charge in [0.15, 0.2) is 0 Å². The van der Waals surface area contributed by atoms with Crippen LogP contribution in [0.2, 0.25) is 0 Å². The number of hydrogen-bond acceptors (Lipinski definition) is 5. The molecule has 1 fully saturated rings. The normalized spacial score (nSPS) is 16.4. The number of carbonyl (C=O) groups is 1. The summed E-state index contributed by atoms with van der Waals surface area (Å²) in [6, 6.07) is 3.19. The second-order valence-electron chi connectivity index (χ2n) is 5.67. The van der Waals surface area contributed by atoms with Crippen molar-refractivity contribution in [2.75, 3.05) is 18.4 Å². The number of phenols is 1. The van der Waals surface area contributed by atoms with E-state index in [1.165, 1.54) is 22.5 Å². The number of carbonyl (C=O) groups excluding carboxylic acids is 1. The van der Waals surface area contributed by atoms with E-state index >= 15 is 0 Å². The minimum Gasteiger partial charge on any atom is -0.506 e. The third kappa shape index (κ3) is 4.60. The molecule has 0 saturated carbocycles. The Balaban J connectivity index is 0.00000288. The number of hydrogen-bond donors (Lipinski definition) is 3. The van der Waals surface area contributed by atoms with Crippen LogP contribution in [-0.2, 0) is 14.8 Å². The topological polar surface area (TPSA) is 113 Å². The zero-order chi connectivity index (χ0) is 17.0. The van der Waals surface area contributed by atoms with Crippen LogP contribution in [0.25, 0.3) is 0 Å². The van der Waals surface area contributed by atoms with Crippen molar-refractivity contribution in [2.45, 2.75) is 43.5 Å². The number of nitrogens with zero attached hydrogens (tertiary/aromatic N) is 1. The number of benzene rings is 1. The third-order valence-electron chi connectivity index (χ3n) is 3.87. The average Bonchev–Trinajstić information content (AvgIpc) is 3.04. The second-order valence-corrected chi connectivity index (χ2v) is 7.61. The number of anilines is 1. The van der Waals surface area contributed by atoms with Crippen LogP contribution < -0.4 is 11.1 Å². The summed E-state index contributed by atoms with van der Waals surface area (Å²) in [5.74, 6) is -0.639. The number of nitrogens with two attached hydrogens (primary N) is 1. The Morgan fingerprint density at radius 3 is 2.58 bits per heavy atom. The molecular weight excluding hydrogens is 354 g/mol. The van der Waals surface area contributed by atoms with Crippen molar-refractivity contribution in [3.05, 3.63) is 18.2 Å². The van der Waals surface area contributed by atoms with Crippen LogP contribution in [0.5, 0.6) is 5.75 Å². The van der Waals surface area contributed by atoms with E-state index in [9.17, 15) is 18.3 Å². The van der Waals surface area contributed by atoms with Crippen molar-refractivity contribution in [1.29, 1.82) is 0 Å². The number of sulfonamides is 1. The molecule has 1 atom stereocenters. The van der Waals surface area contributed by atoms with Gasteiger partial charge in [0.2, 0.25) is 15.9 Å². The standard InChI is InChI=1S/C15H23N3O4S.ClH/c1-2-5-12(16)15(20)17-13-10-11(6-7-14(13)19)23(21,22)18-8-3-4-9-18;/h6-7,10,12,19H,2-5,8-9,16H2,1H3,(H,17,20);1H. The molecule has 1 saturated heterocycles. The highest BCUT2D eigenvalue weighted by molar-refractivity contribution is 7.89. The van der Waals surface area contributed by atoms with E-state index in [1.54, 1.807) is 0 Å². The van der Waals surface area contributed by atoms with Gasteiger partial charge in [-0.2, -0.15) is 4.31 Å². The van der Waals surface area contributed by atoms with Crippen LogP contribution in [-0.4, -0.2) is 42.9 Å². The molecule has 0 radical (unpaired) electrons. The molecule has 9 heteroatoms. The molecule has 1 aliphatic rings. The van der Waals surface area contributed by atoms with Gasteiger partial charge in [0.05, 0.1) is 16.6 Å². The lowest BCUT2D eigenvalue weighted by molar-refractivity contribution is -0.117. The highest BCUT2D eigenvalue weighted by Crippen LogP contribution is 2.29. The molecule has 0 aromatic heterocycles. The predicted octanol–water partition coefficient (Wildman–Crippen LogP) is 1.66. The molecule has 1 aromatic rings. The maximum atomic E-state index is 12.5. The molecule has 2 rings (SSSR count). The summed E-state index contributed by atoms with van der Waals surface area (Å²) in [6.45, 7) is 2.90. The maximum absolute atomic E-state index is 12.5. The largest absolute Gasteiger partial charge is 0.506 e. The lowest BCUT2D eigenvalue weighted by Gasteiger charge is -2.17. The third-order valence-corrected chi connectivity index (χ3v) is 5.76. The van der Waals surface area contributed by atoms with Crippen molar-refractivity contribution >= 4 is 34.0 Å². The van der Waals surface area contributed by atoms with Gasteiger partial charge in [0.25, 0.3) is 0 Å². The first-order valence-electron chi connectivity index (χ1n) is 7.76. The summed E-state index contributed by atoms with van der Waals surface area (Å²) in [5, 5.41) is 12.4. The molecule has 0 bridgehead atoms. The van der Waals surface area contributed by atoms with E-state index in [1.807, 2.05) is 6.92 Å². The summed E-state index contributed by atoms with van der Waals surface area (Å²) in [7, 11) is -3.60. The molecular formula is C15H24ClN3O4S. The molecule has 136 valence electrons. The summed E-state index contributed by atoms with van der Waals surface area (Å²) in [6.07, 6.45) is 2.95. The quantitative estimate of drug-likeness (QED) is 0.652. The summed E-state index contributed by atoms with van der Waals surface area (Å²) in [4.78, 5) is 12.0. The highest BCUT2D eigenvalue weighted by Gasteiger charge is 2.28. The van der Waals surface area contributed by atoms with Crippen LogP contribution in [0.4, 0.5) is 5.69 Å². The van der Waals surface area contributed by atoms with E-state index in [2.05, 4.69) is 5.32 Å². The minimum atomic E-state index is -3.60. The Kier molecular flexibility index (Phi) is 7.47. The molecule has 0 aliphatic carbocycles. The van der Waals surface area contributed by atoms with Gasteiger partial charge in [-0.3, -0.25) is 4.79 Å². The Morgan fingerprint density at radius 2 is 2.00 bits per heavy atom. The van der Waals surface area contributed by atoms with Gasteiger partial charge in [-0.1, -0.05) is 13.3 Å². The first-order chi connectivity index (χ1) is 10.9. The number of halogens is 1. The minimum absolute atomic E-state index is 0. The van der Waals surface area contributed by atoms with Crippen molar-refractivity contribution in [2.24, 2.45) is 5.73 Å². The van der Waals surface area contributed by atoms with Gasteiger partial charge in [0, 0.05) is 13.1 Å². The smallest absolute Gasteiger partial charge is 0.243 e. The molecule has 1 aromatic carbocycles. The van der Waals surface area contributed by atoms with Crippen LogP contribution in [0.3, 0.4) is 0 Å². The first kappa shape index (κ1) is 20.7. The fraction of sp³-hybridized carbons (Fsp3) is 0.533. The zero-order valence-corrected chi connectivity index (χ0v) is 15.2. The van der Waals surface area contributed by atoms with Gasteiger partial charge >= 0.3 is 0 Å². The fourth-order valence-corrected chi connectivity index (χ4v) is 4.06. The molecule has 1 aliphatic heterocycles. The van der Waals surface area contributed by atoms with Gasteiger partial charge in [0.1, 0.15) is 5.75 Å². The van der Waals surface area contributed by atoms with Crippen molar-refractivity contribution in [1.82, 2.24) is 4.31 Å². The summed E-state index contributed by atoms with van der Waals surface area (Å²) in [5.41, 5.74) is 5.79. The van der Waals surface area contributed by atoms with Crippen LogP contribution in [0, 0.1) is 0 Å². The summed E-state index contributed by atoms with van der Waals surface area (Å²) >= 11 is 0. The lowest BCUT2D eigenvalue weighted by Crippen LogP contribution is -2.35. The van der Waals surface area contributed by atoms with Gasteiger partial charge in [-0.25, -0.2) is 8.42 Å². The molecule has 24 heavy (non-hydrogen) atoms. The van der Waals surface area contributed by atoms with E-state index in [-0.39, 0.29) is 28.7 Å². The second kappa shape index (κ2) is 8.66. The Bertz CT molecular complexity index is 675. The van der Waals surface area contributed by atoms with Crippen LogP contribution in [0.1, 0.15) is 32.6 Å². The van der Waals surface area contributed by atoms with E-state index in [4.69, 9.17) is 5.73 Å². The highest BCUT2D eigenvalue weighted by atomic mass is 35.5. The van der Waals surface area contributed by atoms with Crippen LogP contribution in [0.15, 0.2) is 23.1 Å². The first-order valence-corrected chi connectivity index (χ1v) is 9.20. The predicted molar refractivity (Wildman–Crippen MR) is 94.9 cm³/mol. The molecule has 0 spiro atoms. The molecule has 1 amide bonds. The molecule has 1 heterocycles. The Hall–Kier alpha value is -1.35. The summed E-state index contributed by atoms with van der Waals surface area (Å²) < 4.78 is 26.5. The number of aromatic hydroxyl groups is 1.